The molecule has 1 unspecified atom stereocenters. The fraction of sp³-hybridized carbons (Fsp3) is 0.250. The van der Waals surface area contributed by atoms with E-state index in [1.54, 1.807) is 29.8 Å². The minimum atomic E-state index is -1.05. The average molecular weight is 377 g/mol. The first-order chi connectivity index (χ1) is 13.5. The summed E-state index contributed by atoms with van der Waals surface area (Å²) in [6.07, 6.45) is 1.70. The summed E-state index contributed by atoms with van der Waals surface area (Å²) in [4.78, 5) is 30.9. The number of carbonyl (C=O) groups excluding carboxylic acids is 1. The van der Waals surface area contributed by atoms with Crippen LogP contribution in [0.15, 0.2) is 42.6 Å². The van der Waals surface area contributed by atoms with Gasteiger partial charge in [0.05, 0.1) is 18.8 Å². The number of aromatic nitrogens is 4. The van der Waals surface area contributed by atoms with Gasteiger partial charge in [0.15, 0.2) is 5.82 Å². The molecule has 2 aromatic heterocycles. The predicted molar refractivity (Wildman–Crippen MR) is 100 cm³/mol. The van der Waals surface area contributed by atoms with E-state index in [9.17, 15) is 14.7 Å². The number of amides is 1. The van der Waals surface area contributed by atoms with Crippen molar-refractivity contribution in [2.75, 3.05) is 0 Å². The Morgan fingerprint density at radius 2 is 1.93 bits per heavy atom. The summed E-state index contributed by atoms with van der Waals surface area (Å²) >= 11 is 0. The van der Waals surface area contributed by atoms with Crippen molar-refractivity contribution >= 4 is 11.9 Å². The summed E-state index contributed by atoms with van der Waals surface area (Å²) in [6.45, 7) is 3.86. The Morgan fingerprint density at radius 3 is 2.64 bits per heavy atom. The highest BCUT2D eigenvalue weighted by Gasteiger charge is 2.37. The molecule has 1 amide bonds. The maximum absolute atomic E-state index is 13.3. The fourth-order valence-electron chi connectivity index (χ4n) is 3.56. The molecule has 0 spiro atoms. The van der Waals surface area contributed by atoms with Crippen LogP contribution >= 0.6 is 0 Å². The second kappa shape index (κ2) is 6.88. The minimum absolute atomic E-state index is 0.101. The highest BCUT2D eigenvalue weighted by atomic mass is 16.4. The molecule has 28 heavy (non-hydrogen) atoms. The number of rotatable bonds is 3. The highest BCUT2D eigenvalue weighted by molar-refractivity contribution is 5.99. The average Bonchev–Trinajstić information content (AvgIpc) is 3.07. The zero-order valence-electron chi connectivity index (χ0n) is 15.5. The summed E-state index contributed by atoms with van der Waals surface area (Å²) in [6, 6.07) is 10.0. The minimum Gasteiger partial charge on any atom is -0.480 e. The van der Waals surface area contributed by atoms with Gasteiger partial charge in [0.25, 0.3) is 5.91 Å². The number of aliphatic carboxylic acids is 1. The zero-order chi connectivity index (χ0) is 19.8. The molecule has 0 aliphatic carbocycles. The van der Waals surface area contributed by atoms with Crippen molar-refractivity contribution < 1.29 is 14.7 Å². The first-order valence-corrected chi connectivity index (χ1v) is 8.91. The van der Waals surface area contributed by atoms with Gasteiger partial charge in [-0.2, -0.15) is 0 Å². The van der Waals surface area contributed by atoms with Crippen molar-refractivity contribution in [3.05, 3.63) is 65.4 Å². The van der Waals surface area contributed by atoms with E-state index in [2.05, 4.69) is 15.2 Å². The third-order valence-corrected chi connectivity index (χ3v) is 5.11. The number of fused-ring (bicyclic) bond motifs is 1. The Morgan fingerprint density at radius 1 is 1.11 bits per heavy atom. The van der Waals surface area contributed by atoms with E-state index in [0.717, 1.165) is 16.8 Å². The number of carbonyl (C=O) groups is 2. The summed E-state index contributed by atoms with van der Waals surface area (Å²) in [5.41, 5.74) is 2.82. The quantitative estimate of drug-likeness (QED) is 0.750. The lowest BCUT2D eigenvalue weighted by Gasteiger charge is -2.34. The summed E-state index contributed by atoms with van der Waals surface area (Å²) in [5, 5.41) is 17.8. The monoisotopic (exact) mass is 377 g/mol. The van der Waals surface area contributed by atoms with Gasteiger partial charge in [-0.3, -0.25) is 9.78 Å². The van der Waals surface area contributed by atoms with Crippen LogP contribution in [0.2, 0.25) is 0 Å². The normalized spacial score (nSPS) is 15.9. The Balaban J connectivity index is 1.74. The van der Waals surface area contributed by atoms with Gasteiger partial charge in [-0.05, 0) is 37.6 Å². The van der Waals surface area contributed by atoms with E-state index >= 15 is 0 Å². The van der Waals surface area contributed by atoms with Crippen LogP contribution in [0.3, 0.4) is 0 Å². The Bertz CT molecular complexity index is 1060. The molecule has 0 bridgehead atoms. The number of carboxylic acid groups (broad SMARTS) is 1. The summed E-state index contributed by atoms with van der Waals surface area (Å²) in [7, 11) is 0. The van der Waals surface area contributed by atoms with Crippen LogP contribution in [0.5, 0.6) is 0 Å². The lowest BCUT2D eigenvalue weighted by Crippen LogP contribution is -2.50. The lowest BCUT2D eigenvalue weighted by atomic mass is 9.98. The van der Waals surface area contributed by atoms with Gasteiger partial charge in [-0.15, -0.1) is 10.2 Å². The van der Waals surface area contributed by atoms with Crippen molar-refractivity contribution in [3.63, 3.8) is 0 Å². The number of carboxylic acids is 1. The molecule has 8 heteroatoms. The molecular weight excluding hydrogens is 358 g/mol. The molecule has 1 aliphatic heterocycles. The Hall–Kier alpha value is -3.55. The van der Waals surface area contributed by atoms with Gasteiger partial charge in [0, 0.05) is 17.3 Å². The summed E-state index contributed by atoms with van der Waals surface area (Å²) < 4.78 is 1.75. The molecule has 8 nitrogen and oxygen atoms in total. The third-order valence-electron chi connectivity index (χ3n) is 5.11. The van der Waals surface area contributed by atoms with E-state index in [0.29, 0.717) is 17.2 Å². The first-order valence-electron chi connectivity index (χ1n) is 8.91. The van der Waals surface area contributed by atoms with Crippen LogP contribution in [0, 0.1) is 13.8 Å². The fourth-order valence-corrected chi connectivity index (χ4v) is 3.56. The largest absolute Gasteiger partial charge is 0.480 e. The van der Waals surface area contributed by atoms with E-state index in [1.165, 1.54) is 4.90 Å². The van der Waals surface area contributed by atoms with Crippen molar-refractivity contribution in [3.8, 4) is 11.3 Å². The van der Waals surface area contributed by atoms with E-state index in [4.69, 9.17) is 0 Å². The predicted octanol–water partition coefficient (Wildman–Crippen LogP) is 2.07. The SMILES string of the molecule is Cc1c(C(=O)N2Cc3nnc(C)n3CC2C(=O)O)cccc1-c1ccccn1. The standard InChI is InChI=1S/C20H19N5O3/c1-12-14(16-8-3-4-9-21-16)6-5-7-15(12)19(26)25-11-18-23-22-13(2)24(18)10-17(25)20(27)28/h3-9,17H,10-11H2,1-2H3,(H,27,28). The number of benzene rings is 1. The third kappa shape index (κ3) is 2.92. The molecule has 1 N–H and O–H groups in total. The van der Waals surface area contributed by atoms with Crippen molar-refractivity contribution in [1.29, 1.82) is 0 Å². The topological polar surface area (TPSA) is 101 Å². The van der Waals surface area contributed by atoms with Crippen LogP contribution < -0.4 is 0 Å². The Labute approximate surface area is 161 Å². The zero-order valence-corrected chi connectivity index (χ0v) is 15.5. The second-order valence-corrected chi connectivity index (χ2v) is 6.75. The van der Waals surface area contributed by atoms with E-state index < -0.39 is 12.0 Å². The molecule has 0 fully saturated rings. The molecule has 1 aromatic carbocycles. The van der Waals surface area contributed by atoms with Gasteiger partial charge in [-0.25, -0.2) is 4.79 Å². The number of hydrogen-bond acceptors (Lipinski definition) is 5. The van der Waals surface area contributed by atoms with E-state index in [1.807, 2.05) is 31.2 Å². The van der Waals surface area contributed by atoms with Crippen LogP contribution in [0.1, 0.15) is 27.6 Å². The Kier molecular flexibility index (Phi) is 4.38. The van der Waals surface area contributed by atoms with Crippen molar-refractivity contribution in [1.82, 2.24) is 24.6 Å². The maximum Gasteiger partial charge on any atom is 0.328 e. The van der Waals surface area contributed by atoms with Gasteiger partial charge >= 0.3 is 5.97 Å². The van der Waals surface area contributed by atoms with Crippen LogP contribution in [-0.4, -0.2) is 47.7 Å². The molecule has 3 aromatic rings. The highest BCUT2D eigenvalue weighted by Crippen LogP contribution is 2.27. The molecule has 1 atom stereocenters. The molecular formula is C20H19N5O3. The smallest absolute Gasteiger partial charge is 0.328 e. The molecule has 0 saturated heterocycles. The van der Waals surface area contributed by atoms with Gasteiger partial charge in [0.2, 0.25) is 0 Å². The van der Waals surface area contributed by atoms with Gasteiger partial charge < -0.3 is 14.6 Å². The number of hydrogen-bond donors (Lipinski definition) is 1. The second-order valence-electron chi connectivity index (χ2n) is 6.75. The van der Waals surface area contributed by atoms with Crippen LogP contribution in [0.4, 0.5) is 0 Å². The van der Waals surface area contributed by atoms with Crippen LogP contribution in [-0.2, 0) is 17.9 Å². The molecule has 3 heterocycles. The molecule has 0 radical (unpaired) electrons. The first kappa shape index (κ1) is 17.8. The molecule has 142 valence electrons. The van der Waals surface area contributed by atoms with Crippen molar-refractivity contribution in [2.45, 2.75) is 33.0 Å². The maximum atomic E-state index is 13.3. The lowest BCUT2D eigenvalue weighted by molar-refractivity contribution is -0.143. The molecule has 1 aliphatic rings. The van der Waals surface area contributed by atoms with Crippen molar-refractivity contribution in [2.24, 2.45) is 0 Å². The van der Waals surface area contributed by atoms with Crippen LogP contribution in [0.25, 0.3) is 11.3 Å². The molecule has 4 rings (SSSR count). The number of pyridine rings is 1. The number of aryl methyl sites for hydroxylation is 1. The van der Waals surface area contributed by atoms with Gasteiger partial charge in [0.1, 0.15) is 11.9 Å². The molecule has 0 saturated carbocycles. The number of nitrogens with zero attached hydrogens (tertiary/aromatic N) is 5. The summed E-state index contributed by atoms with van der Waals surface area (Å²) in [5.74, 6) is -0.163. The van der Waals surface area contributed by atoms with Gasteiger partial charge in [-0.1, -0.05) is 18.2 Å². The van der Waals surface area contributed by atoms with E-state index in [-0.39, 0.29) is 19.0 Å².